The van der Waals surface area contributed by atoms with E-state index in [9.17, 15) is 14.4 Å². The van der Waals surface area contributed by atoms with E-state index in [1.807, 2.05) is 0 Å². The molecule has 0 aliphatic carbocycles. The second kappa shape index (κ2) is 3.51. The third kappa shape index (κ3) is 1.83. The van der Waals surface area contributed by atoms with E-state index in [4.69, 9.17) is 4.74 Å². The van der Waals surface area contributed by atoms with Gasteiger partial charge in [0.2, 0.25) is 0 Å². The van der Waals surface area contributed by atoms with Gasteiger partial charge in [-0.05, 0) is 20.3 Å². The van der Waals surface area contributed by atoms with Crippen LogP contribution in [-0.4, -0.2) is 18.0 Å². The molecule has 0 N–H and O–H groups in total. The molecule has 4 nitrogen and oxygen atoms in total. The van der Waals surface area contributed by atoms with Crippen molar-refractivity contribution >= 4 is 18.0 Å². The second-order valence-corrected chi connectivity index (χ2v) is 2.99. The lowest BCUT2D eigenvalue weighted by Crippen LogP contribution is -2.28. The lowest BCUT2D eigenvalue weighted by Gasteiger charge is -2.19. The summed E-state index contributed by atoms with van der Waals surface area (Å²) in [6, 6.07) is 0. The molecule has 0 aromatic heterocycles. The van der Waals surface area contributed by atoms with E-state index in [-0.39, 0.29) is 12.2 Å². The first-order chi connectivity index (χ1) is 6.06. The van der Waals surface area contributed by atoms with Crippen LogP contribution in [0.15, 0.2) is 11.3 Å². The largest absolute Gasteiger partial charge is 0.430 e. The van der Waals surface area contributed by atoms with Gasteiger partial charge in [0.1, 0.15) is 23.7 Å². The number of carbonyl (C=O) groups excluding carboxylic acids is 3. The maximum absolute atomic E-state index is 11.1. The lowest BCUT2D eigenvalue weighted by molar-refractivity contribution is -0.149. The fraction of sp³-hybridized carbons (Fsp3) is 0.444. The van der Waals surface area contributed by atoms with Crippen LogP contribution in [0, 0.1) is 5.92 Å². The number of hydrogen-bond donors (Lipinski definition) is 0. The molecule has 0 aromatic rings. The molecule has 0 bridgehead atoms. The molecule has 0 saturated carbocycles. The number of esters is 1. The van der Waals surface area contributed by atoms with Gasteiger partial charge < -0.3 is 4.74 Å². The van der Waals surface area contributed by atoms with Gasteiger partial charge in [0, 0.05) is 5.57 Å². The maximum Gasteiger partial charge on any atom is 0.321 e. The SMILES string of the molecule is CC(=O)C1CC(C=O)=C(C)OC1=O. The predicted octanol–water partition coefficient (Wildman–Crippen LogP) is 0.611. The van der Waals surface area contributed by atoms with E-state index in [1.165, 1.54) is 13.8 Å². The van der Waals surface area contributed by atoms with Crippen molar-refractivity contribution in [2.45, 2.75) is 20.3 Å². The summed E-state index contributed by atoms with van der Waals surface area (Å²) in [6.07, 6.45) is 0.793. The normalized spacial score (nSPS) is 22.6. The van der Waals surface area contributed by atoms with Gasteiger partial charge in [0.25, 0.3) is 0 Å². The molecule has 0 aromatic carbocycles. The van der Waals surface area contributed by atoms with Crippen LogP contribution in [0.2, 0.25) is 0 Å². The van der Waals surface area contributed by atoms with Crippen LogP contribution in [-0.2, 0) is 19.1 Å². The first kappa shape index (κ1) is 9.64. The lowest BCUT2D eigenvalue weighted by atomic mass is 9.94. The van der Waals surface area contributed by atoms with Crippen molar-refractivity contribution in [1.29, 1.82) is 0 Å². The van der Waals surface area contributed by atoms with Crippen LogP contribution in [0.3, 0.4) is 0 Å². The highest BCUT2D eigenvalue weighted by Crippen LogP contribution is 2.23. The fourth-order valence-electron chi connectivity index (χ4n) is 1.18. The summed E-state index contributed by atoms with van der Waals surface area (Å²) >= 11 is 0. The van der Waals surface area contributed by atoms with Crippen LogP contribution >= 0.6 is 0 Å². The molecule has 13 heavy (non-hydrogen) atoms. The van der Waals surface area contributed by atoms with Crippen molar-refractivity contribution in [3.63, 3.8) is 0 Å². The summed E-state index contributed by atoms with van der Waals surface area (Å²) < 4.78 is 4.75. The van der Waals surface area contributed by atoms with Gasteiger partial charge in [-0.15, -0.1) is 0 Å². The Morgan fingerprint density at radius 1 is 1.62 bits per heavy atom. The van der Waals surface area contributed by atoms with Crippen LogP contribution in [0.4, 0.5) is 0 Å². The molecule has 70 valence electrons. The van der Waals surface area contributed by atoms with Crippen LogP contribution in [0.25, 0.3) is 0 Å². The zero-order valence-electron chi connectivity index (χ0n) is 7.49. The Bertz CT molecular complexity index is 301. The highest BCUT2D eigenvalue weighted by atomic mass is 16.5. The van der Waals surface area contributed by atoms with E-state index in [0.717, 1.165) is 0 Å². The number of carbonyl (C=O) groups is 3. The molecule has 1 atom stereocenters. The number of allylic oxidation sites excluding steroid dienone is 2. The predicted molar refractivity (Wildman–Crippen MR) is 43.6 cm³/mol. The molecule has 0 amide bonds. The molecular formula is C9H10O4. The smallest absolute Gasteiger partial charge is 0.321 e. The Kier molecular flexibility index (Phi) is 2.60. The van der Waals surface area contributed by atoms with Gasteiger partial charge in [-0.3, -0.25) is 14.4 Å². The van der Waals surface area contributed by atoms with Crippen molar-refractivity contribution in [1.82, 2.24) is 0 Å². The molecule has 0 saturated heterocycles. The molecule has 1 aliphatic rings. The number of rotatable bonds is 2. The van der Waals surface area contributed by atoms with Gasteiger partial charge in [0.05, 0.1) is 0 Å². The van der Waals surface area contributed by atoms with Gasteiger partial charge >= 0.3 is 5.97 Å². The van der Waals surface area contributed by atoms with Crippen molar-refractivity contribution in [3.8, 4) is 0 Å². The minimum Gasteiger partial charge on any atom is -0.430 e. The standard InChI is InChI=1S/C9H10O4/c1-5(11)8-3-7(4-10)6(2)13-9(8)12/h4,8H,3H2,1-2H3. The van der Waals surface area contributed by atoms with Gasteiger partial charge in [-0.2, -0.15) is 0 Å². The number of hydrogen-bond acceptors (Lipinski definition) is 4. The Morgan fingerprint density at radius 2 is 2.23 bits per heavy atom. The molecule has 4 heteroatoms. The first-order valence-corrected chi connectivity index (χ1v) is 3.93. The molecule has 1 aliphatic heterocycles. The summed E-state index contributed by atoms with van der Waals surface area (Å²) in [4.78, 5) is 32.5. The highest BCUT2D eigenvalue weighted by Gasteiger charge is 2.31. The summed E-state index contributed by atoms with van der Waals surface area (Å²) in [5, 5.41) is 0. The van der Waals surface area contributed by atoms with Crippen molar-refractivity contribution in [2.24, 2.45) is 5.92 Å². The van der Waals surface area contributed by atoms with Crippen molar-refractivity contribution in [3.05, 3.63) is 11.3 Å². The minimum absolute atomic E-state index is 0.170. The summed E-state index contributed by atoms with van der Waals surface area (Å²) in [6.45, 7) is 2.85. The fourth-order valence-corrected chi connectivity index (χ4v) is 1.18. The molecule has 0 radical (unpaired) electrons. The molecule has 1 rings (SSSR count). The van der Waals surface area contributed by atoms with E-state index < -0.39 is 11.9 Å². The Balaban J connectivity index is 2.94. The summed E-state index contributed by atoms with van der Waals surface area (Å²) in [5.74, 6) is -1.33. The maximum atomic E-state index is 11.1. The van der Waals surface area contributed by atoms with Gasteiger partial charge in [-0.25, -0.2) is 0 Å². The third-order valence-electron chi connectivity index (χ3n) is 2.05. The first-order valence-electron chi connectivity index (χ1n) is 3.93. The Morgan fingerprint density at radius 3 is 2.69 bits per heavy atom. The number of ether oxygens (including phenoxy) is 1. The average Bonchev–Trinajstić information content (AvgIpc) is 2.03. The molecule has 1 unspecified atom stereocenters. The minimum atomic E-state index is -0.802. The third-order valence-corrected chi connectivity index (χ3v) is 2.05. The Hall–Kier alpha value is -1.45. The number of aldehydes is 1. The number of Topliss-reactive ketones (excluding diaryl/α,β-unsaturated/α-hetero) is 1. The zero-order valence-corrected chi connectivity index (χ0v) is 7.49. The van der Waals surface area contributed by atoms with Crippen LogP contribution in [0.5, 0.6) is 0 Å². The summed E-state index contributed by atoms with van der Waals surface area (Å²) in [7, 11) is 0. The second-order valence-electron chi connectivity index (χ2n) is 2.99. The average molecular weight is 182 g/mol. The molecule has 0 fully saturated rings. The van der Waals surface area contributed by atoms with Gasteiger partial charge in [-0.1, -0.05) is 0 Å². The molecule has 0 spiro atoms. The van der Waals surface area contributed by atoms with Crippen LogP contribution < -0.4 is 0 Å². The number of ketones is 1. The highest BCUT2D eigenvalue weighted by molar-refractivity contribution is 6.00. The van der Waals surface area contributed by atoms with Crippen molar-refractivity contribution in [2.75, 3.05) is 0 Å². The number of cyclic esters (lactones) is 1. The van der Waals surface area contributed by atoms with Crippen molar-refractivity contribution < 1.29 is 19.1 Å². The van der Waals surface area contributed by atoms with E-state index in [1.54, 1.807) is 0 Å². The van der Waals surface area contributed by atoms with E-state index in [2.05, 4.69) is 0 Å². The summed E-state index contributed by atoms with van der Waals surface area (Å²) in [5.41, 5.74) is 0.389. The topological polar surface area (TPSA) is 60.4 Å². The van der Waals surface area contributed by atoms with E-state index in [0.29, 0.717) is 17.6 Å². The van der Waals surface area contributed by atoms with Gasteiger partial charge in [0.15, 0.2) is 0 Å². The van der Waals surface area contributed by atoms with Crippen LogP contribution in [0.1, 0.15) is 20.3 Å². The Labute approximate surface area is 75.6 Å². The zero-order chi connectivity index (χ0) is 10.0. The van der Waals surface area contributed by atoms with E-state index >= 15 is 0 Å². The molecular weight excluding hydrogens is 172 g/mol. The monoisotopic (exact) mass is 182 g/mol. The quantitative estimate of drug-likeness (QED) is 0.356. The molecule has 1 heterocycles.